The molecular formula is C12H12F4O2. The Morgan fingerprint density at radius 1 is 1.28 bits per heavy atom. The maximum absolute atomic E-state index is 13.1. The first-order valence-corrected chi connectivity index (χ1v) is 5.11. The molecule has 1 aromatic rings. The van der Waals surface area contributed by atoms with Crippen LogP contribution in [-0.4, -0.2) is 17.3 Å². The van der Waals surface area contributed by atoms with Crippen molar-refractivity contribution in [2.24, 2.45) is 0 Å². The first-order valence-electron chi connectivity index (χ1n) is 5.11. The zero-order chi connectivity index (χ0) is 14.1. The second-order valence-corrected chi connectivity index (χ2v) is 4.46. The summed E-state index contributed by atoms with van der Waals surface area (Å²) < 4.78 is 49.8. The number of benzene rings is 1. The molecule has 0 bridgehead atoms. The van der Waals surface area contributed by atoms with E-state index in [1.807, 2.05) is 0 Å². The van der Waals surface area contributed by atoms with E-state index in [4.69, 9.17) is 5.11 Å². The molecule has 0 radical (unpaired) electrons. The minimum absolute atomic E-state index is 0.124. The van der Waals surface area contributed by atoms with Crippen molar-refractivity contribution < 1.29 is 27.5 Å². The van der Waals surface area contributed by atoms with Crippen LogP contribution in [0.15, 0.2) is 24.3 Å². The molecular weight excluding hydrogens is 252 g/mol. The Labute approximate surface area is 101 Å². The van der Waals surface area contributed by atoms with E-state index in [2.05, 4.69) is 0 Å². The Balaban J connectivity index is 3.19. The summed E-state index contributed by atoms with van der Waals surface area (Å²) in [7, 11) is 0. The van der Waals surface area contributed by atoms with Crippen LogP contribution in [0.4, 0.5) is 17.6 Å². The molecule has 0 aliphatic heterocycles. The number of hydrogen-bond donors (Lipinski definition) is 1. The molecule has 1 aromatic carbocycles. The molecule has 1 unspecified atom stereocenters. The van der Waals surface area contributed by atoms with E-state index < -0.39 is 29.3 Å². The molecule has 2 nitrogen and oxygen atoms in total. The van der Waals surface area contributed by atoms with Gasteiger partial charge in [-0.2, -0.15) is 13.2 Å². The van der Waals surface area contributed by atoms with E-state index in [0.717, 1.165) is 12.1 Å². The van der Waals surface area contributed by atoms with Gasteiger partial charge in [0.25, 0.3) is 0 Å². The van der Waals surface area contributed by atoms with Crippen molar-refractivity contribution in [3.63, 3.8) is 0 Å². The summed E-state index contributed by atoms with van der Waals surface area (Å²) in [5.41, 5.74) is -1.84. The van der Waals surface area contributed by atoms with Crippen LogP contribution in [0, 0.1) is 0 Å². The zero-order valence-electron chi connectivity index (χ0n) is 9.75. The fourth-order valence-corrected chi connectivity index (χ4v) is 1.40. The highest BCUT2D eigenvalue weighted by Gasteiger charge is 2.42. The molecule has 0 fully saturated rings. The van der Waals surface area contributed by atoms with E-state index in [9.17, 15) is 22.4 Å². The number of alkyl halides is 4. The molecule has 0 aromatic heterocycles. The Kier molecular flexibility index (Phi) is 3.69. The molecule has 18 heavy (non-hydrogen) atoms. The standard InChI is InChI=1S/C12H12F4O2/c1-11(2,10(17)18)8-5-3-4-7(6-8)9(13)12(14,15)16/h3-6,9H,1-2H3,(H,17,18). The van der Waals surface area contributed by atoms with Crippen LogP contribution in [0.3, 0.4) is 0 Å². The predicted molar refractivity (Wildman–Crippen MR) is 57.0 cm³/mol. The first-order chi connectivity index (χ1) is 8.06. The van der Waals surface area contributed by atoms with E-state index in [-0.39, 0.29) is 5.56 Å². The van der Waals surface area contributed by atoms with E-state index in [0.29, 0.717) is 0 Å². The maximum Gasteiger partial charge on any atom is 0.423 e. The molecule has 0 aliphatic carbocycles. The lowest BCUT2D eigenvalue weighted by molar-refractivity contribution is -0.182. The smallest absolute Gasteiger partial charge is 0.423 e. The van der Waals surface area contributed by atoms with Gasteiger partial charge in [-0.05, 0) is 25.0 Å². The van der Waals surface area contributed by atoms with Crippen molar-refractivity contribution in [2.45, 2.75) is 31.6 Å². The molecule has 0 heterocycles. The van der Waals surface area contributed by atoms with Crippen LogP contribution in [0.2, 0.25) is 0 Å². The summed E-state index contributed by atoms with van der Waals surface area (Å²) in [6.45, 7) is 2.69. The van der Waals surface area contributed by atoms with E-state index >= 15 is 0 Å². The normalized spacial score (nSPS) is 14.3. The number of carboxylic acids is 1. The highest BCUT2D eigenvalue weighted by Crippen LogP contribution is 2.37. The predicted octanol–water partition coefficient (Wildman–Crippen LogP) is 3.62. The molecule has 1 rings (SSSR count). The van der Waals surface area contributed by atoms with Gasteiger partial charge < -0.3 is 5.11 Å². The monoisotopic (exact) mass is 264 g/mol. The van der Waals surface area contributed by atoms with E-state index in [1.54, 1.807) is 0 Å². The number of aliphatic carboxylic acids is 1. The third-order valence-corrected chi connectivity index (χ3v) is 2.72. The van der Waals surface area contributed by atoms with Crippen molar-refractivity contribution in [3.8, 4) is 0 Å². The average molecular weight is 264 g/mol. The van der Waals surface area contributed by atoms with Crippen molar-refractivity contribution in [1.29, 1.82) is 0 Å². The summed E-state index contributed by atoms with van der Waals surface area (Å²) in [6.07, 6.45) is -8.10. The third kappa shape index (κ3) is 2.80. The molecule has 0 saturated heterocycles. The lowest BCUT2D eigenvalue weighted by Gasteiger charge is -2.21. The molecule has 1 atom stereocenters. The molecule has 0 aliphatic rings. The Hall–Kier alpha value is -1.59. The fourth-order valence-electron chi connectivity index (χ4n) is 1.40. The average Bonchev–Trinajstić information content (AvgIpc) is 2.26. The van der Waals surface area contributed by atoms with E-state index in [1.165, 1.54) is 26.0 Å². The van der Waals surface area contributed by atoms with Crippen LogP contribution in [0.1, 0.15) is 31.1 Å². The Morgan fingerprint density at radius 3 is 2.28 bits per heavy atom. The van der Waals surface area contributed by atoms with Gasteiger partial charge in [0.1, 0.15) is 0 Å². The highest BCUT2D eigenvalue weighted by atomic mass is 19.4. The topological polar surface area (TPSA) is 37.3 Å². The number of carboxylic acid groups (broad SMARTS) is 1. The van der Waals surface area contributed by atoms with Crippen molar-refractivity contribution >= 4 is 5.97 Å². The Bertz CT molecular complexity index is 452. The van der Waals surface area contributed by atoms with Crippen molar-refractivity contribution in [2.75, 3.05) is 0 Å². The fraction of sp³-hybridized carbons (Fsp3) is 0.417. The summed E-state index contributed by atoms with van der Waals surface area (Å²) in [5.74, 6) is -1.19. The number of rotatable bonds is 3. The quantitative estimate of drug-likeness (QED) is 0.846. The van der Waals surface area contributed by atoms with Gasteiger partial charge >= 0.3 is 12.1 Å². The van der Waals surface area contributed by atoms with Gasteiger partial charge in [-0.1, -0.05) is 24.3 Å². The summed E-state index contributed by atoms with van der Waals surface area (Å²) in [4.78, 5) is 11.0. The molecule has 0 spiro atoms. The summed E-state index contributed by atoms with van der Waals surface area (Å²) >= 11 is 0. The molecule has 100 valence electrons. The highest BCUT2D eigenvalue weighted by molar-refractivity contribution is 5.80. The van der Waals surface area contributed by atoms with Crippen LogP contribution >= 0.6 is 0 Å². The van der Waals surface area contributed by atoms with Crippen molar-refractivity contribution in [3.05, 3.63) is 35.4 Å². The van der Waals surface area contributed by atoms with Crippen LogP contribution < -0.4 is 0 Å². The van der Waals surface area contributed by atoms with Gasteiger partial charge in [-0.3, -0.25) is 4.79 Å². The molecule has 6 heteroatoms. The van der Waals surface area contributed by atoms with Crippen LogP contribution in [0.25, 0.3) is 0 Å². The zero-order valence-corrected chi connectivity index (χ0v) is 9.75. The van der Waals surface area contributed by atoms with Gasteiger partial charge in [0.15, 0.2) is 0 Å². The molecule has 0 amide bonds. The minimum atomic E-state index is -4.99. The SMILES string of the molecule is CC(C)(C(=O)O)c1cccc(C(F)C(F)(F)F)c1. The van der Waals surface area contributed by atoms with Gasteiger partial charge in [-0.25, -0.2) is 4.39 Å². The number of hydrogen-bond acceptors (Lipinski definition) is 1. The summed E-state index contributed by atoms with van der Waals surface area (Å²) in [6, 6.07) is 4.50. The number of halogens is 4. The van der Waals surface area contributed by atoms with Crippen molar-refractivity contribution in [1.82, 2.24) is 0 Å². The van der Waals surface area contributed by atoms with Gasteiger partial charge in [0.2, 0.25) is 6.17 Å². The summed E-state index contributed by atoms with van der Waals surface area (Å²) in [5, 5.41) is 8.97. The largest absolute Gasteiger partial charge is 0.481 e. The third-order valence-electron chi connectivity index (χ3n) is 2.72. The maximum atomic E-state index is 13.1. The van der Waals surface area contributed by atoms with Gasteiger partial charge in [-0.15, -0.1) is 0 Å². The molecule has 0 saturated carbocycles. The first kappa shape index (κ1) is 14.5. The van der Waals surface area contributed by atoms with Crippen LogP contribution in [0.5, 0.6) is 0 Å². The van der Waals surface area contributed by atoms with Gasteiger partial charge in [0.05, 0.1) is 5.41 Å². The van der Waals surface area contributed by atoms with Crippen LogP contribution in [-0.2, 0) is 10.2 Å². The minimum Gasteiger partial charge on any atom is -0.481 e. The number of carbonyl (C=O) groups is 1. The molecule has 1 N–H and O–H groups in total. The second kappa shape index (κ2) is 4.59. The lowest BCUT2D eigenvalue weighted by atomic mass is 9.83. The Morgan fingerprint density at radius 2 is 1.83 bits per heavy atom. The lowest BCUT2D eigenvalue weighted by Crippen LogP contribution is -2.28. The second-order valence-electron chi connectivity index (χ2n) is 4.46. The van der Waals surface area contributed by atoms with Gasteiger partial charge in [0, 0.05) is 0 Å².